The number of hydrogen-bond donors (Lipinski definition) is 2. The molecule has 0 unspecified atom stereocenters. The molecule has 0 bridgehead atoms. The molecule has 0 aliphatic rings. The molecule has 0 spiro atoms. The van der Waals surface area contributed by atoms with Crippen molar-refractivity contribution in [1.29, 1.82) is 0 Å². The number of nitrogens with zero attached hydrogens (tertiary/aromatic N) is 3. The van der Waals surface area contributed by atoms with Crippen LogP contribution in [0.25, 0.3) is 5.69 Å². The third-order valence-corrected chi connectivity index (χ3v) is 4.32. The van der Waals surface area contributed by atoms with Crippen molar-refractivity contribution in [3.05, 3.63) is 83.2 Å². The minimum atomic E-state index is -0.881. The van der Waals surface area contributed by atoms with Crippen LogP contribution in [0.5, 0.6) is 0 Å². The Bertz CT molecular complexity index is 1060. The molecule has 1 aromatic carbocycles. The number of hydrogen-bond acceptors (Lipinski definition) is 4. The summed E-state index contributed by atoms with van der Waals surface area (Å²) in [6.07, 6.45) is 4.64. The molecule has 2 aromatic heterocycles. The molecule has 2 amide bonds. The fourth-order valence-corrected chi connectivity index (χ4v) is 2.90. The van der Waals surface area contributed by atoms with E-state index in [9.17, 15) is 14.0 Å². The Morgan fingerprint density at radius 1 is 1.17 bits per heavy atom. The molecule has 0 radical (unpaired) electrons. The smallest absolute Gasteiger partial charge is 0.329 e. The summed E-state index contributed by atoms with van der Waals surface area (Å²) in [5, 5.41) is 6.33. The first-order valence-corrected chi connectivity index (χ1v) is 8.91. The predicted octanol–water partition coefficient (Wildman–Crippen LogP) is 2.39. The topological polar surface area (TPSA) is 88.4 Å². The number of benzene rings is 1. The summed E-state index contributed by atoms with van der Waals surface area (Å²) < 4.78 is 15.9. The maximum atomic E-state index is 14.1. The van der Waals surface area contributed by atoms with Gasteiger partial charge in [0.1, 0.15) is 5.82 Å². The zero-order valence-electron chi connectivity index (χ0n) is 16.0. The zero-order valence-corrected chi connectivity index (χ0v) is 16.0. The molecule has 0 atom stereocenters. The number of amides is 2. The molecule has 29 heavy (non-hydrogen) atoms. The number of halogens is 1. The van der Waals surface area contributed by atoms with Gasteiger partial charge in [0.25, 0.3) is 0 Å². The van der Waals surface area contributed by atoms with Crippen molar-refractivity contribution >= 4 is 18.0 Å². The number of aromatic nitrogens is 2. The second-order valence-electron chi connectivity index (χ2n) is 6.36. The van der Waals surface area contributed by atoms with Crippen molar-refractivity contribution in [2.75, 3.05) is 0 Å². The number of carbonyl (C=O) groups excluding carboxylic acids is 2. The molecule has 2 heterocycles. The monoisotopic (exact) mass is 393 g/mol. The fourth-order valence-electron chi connectivity index (χ4n) is 2.90. The zero-order chi connectivity index (χ0) is 20.8. The Hall–Kier alpha value is -3.81. The van der Waals surface area contributed by atoms with E-state index in [0.717, 1.165) is 17.0 Å². The van der Waals surface area contributed by atoms with Gasteiger partial charge in [-0.3, -0.25) is 14.6 Å². The molecule has 0 saturated heterocycles. The highest BCUT2D eigenvalue weighted by Crippen LogP contribution is 2.21. The molecular formula is C21H20FN5O2. The van der Waals surface area contributed by atoms with Crippen LogP contribution in [-0.4, -0.2) is 27.6 Å². The number of carbonyl (C=O) groups is 2. The first-order chi connectivity index (χ1) is 14.0. The SMILES string of the molecule is Cc1cc(/C=N\NC(=O)C(=O)NCc2cccnc2)c(C)n1-c1ccccc1F. The summed E-state index contributed by atoms with van der Waals surface area (Å²) in [4.78, 5) is 27.6. The average molecular weight is 393 g/mol. The molecule has 7 nitrogen and oxygen atoms in total. The van der Waals surface area contributed by atoms with Gasteiger partial charge < -0.3 is 9.88 Å². The largest absolute Gasteiger partial charge is 0.344 e. The van der Waals surface area contributed by atoms with Crippen LogP contribution >= 0.6 is 0 Å². The van der Waals surface area contributed by atoms with E-state index < -0.39 is 11.8 Å². The molecule has 148 valence electrons. The maximum Gasteiger partial charge on any atom is 0.329 e. The standard InChI is InChI=1S/C21H20FN5O2/c1-14-10-17(15(2)27(14)19-8-4-3-7-18(19)22)13-25-26-21(29)20(28)24-12-16-6-5-9-23-11-16/h3-11,13H,12H2,1-2H3,(H,24,28)(H,26,29)/b25-13-. The van der Waals surface area contributed by atoms with Crippen LogP contribution in [0.3, 0.4) is 0 Å². The molecule has 0 saturated carbocycles. The highest BCUT2D eigenvalue weighted by atomic mass is 19.1. The molecule has 2 N–H and O–H groups in total. The van der Waals surface area contributed by atoms with Crippen LogP contribution in [0, 0.1) is 19.7 Å². The van der Waals surface area contributed by atoms with E-state index in [1.165, 1.54) is 12.3 Å². The first-order valence-electron chi connectivity index (χ1n) is 8.91. The Morgan fingerprint density at radius 3 is 2.69 bits per heavy atom. The predicted molar refractivity (Wildman–Crippen MR) is 107 cm³/mol. The summed E-state index contributed by atoms with van der Waals surface area (Å²) in [5.74, 6) is -2.02. The lowest BCUT2D eigenvalue weighted by Gasteiger charge is -2.10. The van der Waals surface area contributed by atoms with E-state index in [-0.39, 0.29) is 12.4 Å². The number of rotatable bonds is 5. The minimum absolute atomic E-state index is 0.188. The van der Waals surface area contributed by atoms with Gasteiger partial charge >= 0.3 is 11.8 Å². The van der Waals surface area contributed by atoms with Crippen molar-refractivity contribution < 1.29 is 14.0 Å². The average Bonchev–Trinajstić information content (AvgIpc) is 3.00. The van der Waals surface area contributed by atoms with Gasteiger partial charge in [0.2, 0.25) is 0 Å². The van der Waals surface area contributed by atoms with Crippen molar-refractivity contribution in [2.45, 2.75) is 20.4 Å². The number of pyridine rings is 1. The third-order valence-electron chi connectivity index (χ3n) is 4.32. The number of para-hydroxylation sites is 1. The number of nitrogens with one attached hydrogen (secondary N) is 2. The summed E-state index contributed by atoms with van der Waals surface area (Å²) >= 11 is 0. The highest BCUT2D eigenvalue weighted by Gasteiger charge is 2.14. The number of aryl methyl sites for hydroxylation is 1. The summed E-state index contributed by atoms with van der Waals surface area (Å²) in [6.45, 7) is 3.86. The van der Waals surface area contributed by atoms with Crippen molar-refractivity contribution in [2.24, 2.45) is 5.10 Å². The van der Waals surface area contributed by atoms with E-state index in [4.69, 9.17) is 0 Å². The van der Waals surface area contributed by atoms with Crippen LogP contribution < -0.4 is 10.7 Å². The lowest BCUT2D eigenvalue weighted by Crippen LogP contribution is -2.37. The highest BCUT2D eigenvalue weighted by molar-refractivity contribution is 6.35. The van der Waals surface area contributed by atoms with E-state index in [0.29, 0.717) is 11.3 Å². The molecule has 3 aromatic rings. The molecule has 0 aliphatic carbocycles. The molecule has 0 fully saturated rings. The van der Waals surface area contributed by atoms with Gasteiger partial charge in [-0.2, -0.15) is 5.10 Å². The lowest BCUT2D eigenvalue weighted by molar-refractivity contribution is -0.139. The lowest BCUT2D eigenvalue weighted by atomic mass is 10.2. The Morgan fingerprint density at radius 2 is 1.97 bits per heavy atom. The Balaban J connectivity index is 1.63. The van der Waals surface area contributed by atoms with Crippen LogP contribution in [0.15, 0.2) is 60.0 Å². The Labute approximate surface area is 167 Å². The maximum absolute atomic E-state index is 14.1. The van der Waals surface area contributed by atoms with Crippen LogP contribution in [0.4, 0.5) is 4.39 Å². The summed E-state index contributed by atoms with van der Waals surface area (Å²) in [7, 11) is 0. The van der Waals surface area contributed by atoms with Gasteiger partial charge in [0.05, 0.1) is 11.9 Å². The van der Waals surface area contributed by atoms with Gasteiger partial charge in [-0.05, 0) is 43.7 Å². The van der Waals surface area contributed by atoms with Crippen LogP contribution in [-0.2, 0) is 16.1 Å². The minimum Gasteiger partial charge on any atom is -0.344 e. The van der Waals surface area contributed by atoms with Crippen molar-refractivity contribution in [3.63, 3.8) is 0 Å². The van der Waals surface area contributed by atoms with Crippen LogP contribution in [0.1, 0.15) is 22.5 Å². The van der Waals surface area contributed by atoms with Crippen molar-refractivity contribution in [3.8, 4) is 5.69 Å². The van der Waals surface area contributed by atoms with E-state index in [2.05, 4.69) is 20.8 Å². The van der Waals surface area contributed by atoms with E-state index in [1.54, 1.807) is 47.3 Å². The van der Waals surface area contributed by atoms with Crippen LogP contribution in [0.2, 0.25) is 0 Å². The summed E-state index contributed by atoms with van der Waals surface area (Å²) in [5.41, 5.74) is 5.67. The third kappa shape index (κ3) is 4.73. The number of hydrazone groups is 1. The van der Waals surface area contributed by atoms with Gasteiger partial charge in [0, 0.05) is 35.9 Å². The normalized spacial score (nSPS) is 10.9. The van der Waals surface area contributed by atoms with Gasteiger partial charge in [-0.25, -0.2) is 9.82 Å². The fraction of sp³-hybridized carbons (Fsp3) is 0.143. The van der Waals surface area contributed by atoms with Gasteiger partial charge in [0.15, 0.2) is 0 Å². The van der Waals surface area contributed by atoms with Crippen molar-refractivity contribution in [1.82, 2.24) is 20.3 Å². The second kappa shape index (κ2) is 8.92. The Kier molecular flexibility index (Phi) is 6.13. The van der Waals surface area contributed by atoms with E-state index in [1.807, 2.05) is 19.9 Å². The molecule has 3 rings (SSSR count). The van der Waals surface area contributed by atoms with E-state index >= 15 is 0 Å². The van der Waals surface area contributed by atoms with Gasteiger partial charge in [-0.1, -0.05) is 18.2 Å². The molecule has 8 heteroatoms. The quantitative estimate of drug-likeness (QED) is 0.396. The molecule has 0 aliphatic heterocycles. The van der Waals surface area contributed by atoms with Gasteiger partial charge in [-0.15, -0.1) is 0 Å². The molecular weight excluding hydrogens is 373 g/mol. The second-order valence-corrected chi connectivity index (χ2v) is 6.36. The summed E-state index contributed by atoms with van der Waals surface area (Å²) in [6, 6.07) is 11.8. The first kappa shape index (κ1) is 19.9.